The molecule has 0 spiro atoms. The van der Waals surface area contributed by atoms with Gasteiger partial charge in [0.2, 0.25) is 17.7 Å². The number of hydrazine groups is 1. The first kappa shape index (κ1) is 59.1. The zero-order valence-corrected chi connectivity index (χ0v) is 45.0. The lowest BCUT2D eigenvalue weighted by Crippen LogP contribution is -2.59. The first-order valence-electron chi connectivity index (χ1n) is 24.5. The number of phenols is 1. The predicted octanol–water partition coefficient (Wildman–Crippen LogP) is 6.97. The molecule has 2 aromatic heterocycles. The Labute approximate surface area is 434 Å². The molecule has 72 heavy (non-hydrogen) atoms. The first-order valence-corrected chi connectivity index (χ1v) is 27.7. The fourth-order valence-electron chi connectivity index (χ4n) is 8.02. The molecule has 1 saturated heterocycles. The summed E-state index contributed by atoms with van der Waals surface area (Å²) in [5, 5.41) is 18.6. The van der Waals surface area contributed by atoms with Crippen molar-refractivity contribution in [2.75, 3.05) is 32.7 Å². The number of carbonyl (C=O) groups excluding carboxylic acids is 7. The summed E-state index contributed by atoms with van der Waals surface area (Å²) >= 11 is 1.08. The van der Waals surface area contributed by atoms with Gasteiger partial charge in [-0.05, 0) is 98.2 Å². The second-order valence-corrected chi connectivity index (χ2v) is 21.6. The Kier molecular flexibility index (Phi) is 25.1. The van der Waals surface area contributed by atoms with Crippen LogP contribution >= 0.6 is 32.9 Å². The first-order chi connectivity index (χ1) is 34.4. The number of aromatic hydroxyl groups is 1. The fraction of sp³-hybridized carbons (Fsp3) is 0.580. The summed E-state index contributed by atoms with van der Waals surface area (Å²) < 4.78 is 16.7. The SMILES string of the molecule is CCCC(=O)OCN(C(=O)[C@@H](NC(=O)C1CCCCN1C)[C@@H](C)CC)[C@H](C[C@@H](OC(C)=O)c1nc(C(=O)N[C@@H](Cc2ccc(O)cc2)C[C@H](C)C(=O)NNC(=O)OCCSSc2ccccn2)cs1)C(C)C. The number of thiazole rings is 1. The Morgan fingerprint density at radius 3 is 2.36 bits per heavy atom. The highest BCUT2D eigenvalue weighted by atomic mass is 33.1. The van der Waals surface area contributed by atoms with Crippen molar-refractivity contribution in [1.82, 2.24) is 41.3 Å². The van der Waals surface area contributed by atoms with Gasteiger partial charge >= 0.3 is 18.0 Å². The topological polar surface area (TPSA) is 248 Å². The van der Waals surface area contributed by atoms with E-state index in [-0.39, 0.29) is 66.5 Å². The van der Waals surface area contributed by atoms with E-state index in [0.29, 0.717) is 25.0 Å². The Bertz CT molecular complexity index is 2220. The number of amides is 5. The molecular formula is C50H72N8O11S3. The number of likely N-dealkylation sites (N-methyl/N-ethyl adjacent to an activating group) is 1. The molecule has 0 radical (unpaired) electrons. The summed E-state index contributed by atoms with van der Waals surface area (Å²) in [6.45, 7) is 12.8. The molecule has 1 fully saturated rings. The van der Waals surface area contributed by atoms with E-state index in [2.05, 4.69) is 31.5 Å². The van der Waals surface area contributed by atoms with Crippen LogP contribution < -0.4 is 21.5 Å². The summed E-state index contributed by atoms with van der Waals surface area (Å²) in [7, 11) is 4.81. The van der Waals surface area contributed by atoms with Crippen LogP contribution in [0.5, 0.6) is 5.75 Å². The number of ether oxygens (including phenoxy) is 3. The number of nitrogens with zero attached hydrogens (tertiary/aromatic N) is 4. The van der Waals surface area contributed by atoms with Crippen LogP contribution in [0, 0.1) is 17.8 Å². The monoisotopic (exact) mass is 1060 g/mol. The molecule has 22 heteroatoms. The molecule has 1 aliphatic rings. The minimum Gasteiger partial charge on any atom is -0.508 e. The second-order valence-electron chi connectivity index (χ2n) is 18.3. The van der Waals surface area contributed by atoms with Crippen LogP contribution in [0.4, 0.5) is 4.79 Å². The molecule has 5 amide bonds. The van der Waals surface area contributed by atoms with Crippen LogP contribution in [-0.4, -0.2) is 123 Å². The van der Waals surface area contributed by atoms with Crippen molar-refractivity contribution in [3.63, 3.8) is 0 Å². The number of piperidine rings is 1. The summed E-state index contributed by atoms with van der Waals surface area (Å²) in [5.74, 6) is -3.68. The third kappa shape index (κ3) is 19.5. The molecule has 396 valence electrons. The standard InChI is InChI=1S/C50H72N8O11S3/c1-9-15-43(61)68-30-58(49(65)44(32(5)10-2)54-47(64)39-16-12-14-23-57(39)8)40(31(3)4)28-41(69-34(7)59)48-53-38(29-70-48)46(63)52-36(27-35-18-20-37(60)21-19-35)26-33(6)45(62)55-56-50(66)67-24-25-71-72-42-17-11-13-22-51-42/h11,13,17-22,29,31-33,36,39-41,44,60H,9-10,12,14-16,23-28,30H2,1-8H3,(H,52,63)(H,54,64)(H,55,62)(H,56,66)/t32-,33-,36+,39?,40+,41+,44-/m0/s1. The highest BCUT2D eigenvalue weighted by Crippen LogP contribution is 2.32. The Hall–Kier alpha value is -5.45. The van der Waals surface area contributed by atoms with E-state index < -0.39 is 78.7 Å². The summed E-state index contributed by atoms with van der Waals surface area (Å²) in [6, 6.07) is 9.30. The Morgan fingerprint density at radius 2 is 1.71 bits per heavy atom. The smallest absolute Gasteiger partial charge is 0.426 e. The van der Waals surface area contributed by atoms with Gasteiger partial charge in [-0.1, -0.05) is 83.4 Å². The minimum absolute atomic E-state index is 0.00993. The number of benzene rings is 1. The zero-order chi connectivity index (χ0) is 52.7. The number of nitrogens with one attached hydrogen (secondary N) is 4. The number of likely N-dealkylation sites (tertiary alicyclic amines) is 1. The molecule has 0 bridgehead atoms. The van der Waals surface area contributed by atoms with Crippen LogP contribution in [0.25, 0.3) is 0 Å². The molecular weight excluding hydrogens is 985 g/mol. The van der Waals surface area contributed by atoms with E-state index in [0.717, 1.165) is 41.3 Å². The molecule has 1 aromatic carbocycles. The quantitative estimate of drug-likeness (QED) is 0.0129. The summed E-state index contributed by atoms with van der Waals surface area (Å²) in [6.07, 6.45) is 3.97. The summed E-state index contributed by atoms with van der Waals surface area (Å²) in [5.41, 5.74) is 5.42. The van der Waals surface area contributed by atoms with Crippen molar-refractivity contribution in [2.45, 2.75) is 142 Å². The zero-order valence-electron chi connectivity index (χ0n) is 42.6. The molecule has 7 atom stereocenters. The molecule has 1 aliphatic heterocycles. The van der Waals surface area contributed by atoms with Gasteiger partial charge in [0.25, 0.3) is 5.91 Å². The molecule has 0 aliphatic carbocycles. The molecule has 5 N–H and O–H groups in total. The number of hydrogen-bond acceptors (Lipinski definition) is 17. The van der Waals surface area contributed by atoms with Gasteiger partial charge in [-0.3, -0.25) is 39.1 Å². The lowest BCUT2D eigenvalue weighted by atomic mass is 9.92. The van der Waals surface area contributed by atoms with E-state index in [1.165, 1.54) is 50.9 Å². The molecule has 3 heterocycles. The lowest BCUT2D eigenvalue weighted by Gasteiger charge is -2.39. The van der Waals surface area contributed by atoms with E-state index in [4.69, 9.17) is 14.2 Å². The van der Waals surface area contributed by atoms with Gasteiger partial charge in [0.15, 0.2) is 12.8 Å². The van der Waals surface area contributed by atoms with Crippen molar-refractivity contribution in [1.29, 1.82) is 0 Å². The number of esters is 2. The molecule has 3 aromatic rings. The number of hydrogen-bond donors (Lipinski definition) is 5. The Balaban J connectivity index is 1.51. The van der Waals surface area contributed by atoms with Crippen molar-refractivity contribution < 1.29 is 52.9 Å². The van der Waals surface area contributed by atoms with Crippen LogP contribution in [0.1, 0.15) is 127 Å². The molecule has 4 rings (SSSR count). The van der Waals surface area contributed by atoms with Crippen LogP contribution in [0.2, 0.25) is 0 Å². The highest BCUT2D eigenvalue weighted by molar-refractivity contribution is 8.76. The van der Waals surface area contributed by atoms with E-state index >= 15 is 0 Å². The number of pyridine rings is 1. The second kappa shape index (κ2) is 30.6. The third-order valence-corrected chi connectivity index (χ3v) is 15.4. The van der Waals surface area contributed by atoms with Crippen molar-refractivity contribution in [3.8, 4) is 5.75 Å². The van der Waals surface area contributed by atoms with Gasteiger partial charge in [0.1, 0.15) is 34.1 Å². The van der Waals surface area contributed by atoms with Crippen molar-refractivity contribution >= 4 is 74.6 Å². The number of phenolic OH excluding ortho intramolecular Hbond substituents is 1. The number of carbonyl (C=O) groups is 7. The highest BCUT2D eigenvalue weighted by Gasteiger charge is 2.39. The minimum atomic E-state index is -1.05. The van der Waals surface area contributed by atoms with E-state index in [1.54, 1.807) is 25.3 Å². The van der Waals surface area contributed by atoms with E-state index in [9.17, 15) is 38.7 Å². The maximum Gasteiger partial charge on any atom is 0.426 e. The van der Waals surface area contributed by atoms with Crippen LogP contribution in [-0.2, 0) is 44.6 Å². The molecule has 1 unspecified atom stereocenters. The van der Waals surface area contributed by atoms with Gasteiger partial charge in [-0.2, -0.15) is 0 Å². The molecule has 19 nitrogen and oxygen atoms in total. The van der Waals surface area contributed by atoms with Gasteiger partial charge in [-0.15, -0.1) is 11.3 Å². The average molecular weight is 1060 g/mol. The fourth-order valence-corrected chi connectivity index (χ4v) is 10.6. The van der Waals surface area contributed by atoms with Crippen molar-refractivity contribution in [2.24, 2.45) is 17.8 Å². The van der Waals surface area contributed by atoms with Gasteiger partial charge in [0, 0.05) is 55.1 Å². The van der Waals surface area contributed by atoms with Crippen LogP contribution in [0.3, 0.4) is 0 Å². The van der Waals surface area contributed by atoms with Crippen molar-refractivity contribution in [3.05, 3.63) is 70.3 Å². The predicted molar refractivity (Wildman–Crippen MR) is 276 cm³/mol. The van der Waals surface area contributed by atoms with Gasteiger partial charge < -0.3 is 34.9 Å². The van der Waals surface area contributed by atoms with Crippen LogP contribution in [0.15, 0.2) is 59.1 Å². The normalized spacial score (nSPS) is 16.2. The number of aromatic nitrogens is 2. The van der Waals surface area contributed by atoms with Gasteiger partial charge in [-0.25, -0.2) is 20.2 Å². The number of rotatable bonds is 27. The molecule has 0 saturated carbocycles. The Morgan fingerprint density at radius 1 is 0.958 bits per heavy atom. The average Bonchev–Trinajstić information content (AvgIpc) is 3.85. The summed E-state index contributed by atoms with van der Waals surface area (Å²) in [4.78, 5) is 106. The van der Waals surface area contributed by atoms with E-state index in [1.807, 2.05) is 64.8 Å². The third-order valence-electron chi connectivity index (χ3n) is 12.2. The van der Waals surface area contributed by atoms with Gasteiger partial charge in [0.05, 0.1) is 6.04 Å². The maximum absolute atomic E-state index is 14.9. The lowest BCUT2D eigenvalue weighted by molar-refractivity contribution is -0.160. The maximum atomic E-state index is 14.9. The largest absolute Gasteiger partial charge is 0.508 e.